The zero-order chi connectivity index (χ0) is 11.8. The van der Waals surface area contributed by atoms with Gasteiger partial charge in [0.15, 0.2) is 0 Å². The van der Waals surface area contributed by atoms with Crippen LogP contribution in [0.15, 0.2) is 22.7 Å². The van der Waals surface area contributed by atoms with E-state index in [1.54, 1.807) is 0 Å². The molecular formula is C12H14BrClN2. The van der Waals surface area contributed by atoms with Gasteiger partial charge < -0.3 is 5.32 Å². The van der Waals surface area contributed by atoms with Gasteiger partial charge >= 0.3 is 0 Å². The summed E-state index contributed by atoms with van der Waals surface area (Å²) in [5.41, 5.74) is 1.16. The summed E-state index contributed by atoms with van der Waals surface area (Å²) in [5.74, 6) is 0. The minimum atomic E-state index is 0.641. The summed E-state index contributed by atoms with van der Waals surface area (Å²) in [6.07, 6.45) is 2.63. The predicted molar refractivity (Wildman–Crippen MR) is 70.3 cm³/mol. The lowest BCUT2D eigenvalue weighted by Gasteiger charge is -2.06. The van der Waals surface area contributed by atoms with E-state index in [-0.39, 0.29) is 0 Å². The van der Waals surface area contributed by atoms with Crippen molar-refractivity contribution in [1.82, 2.24) is 5.32 Å². The summed E-state index contributed by atoms with van der Waals surface area (Å²) in [4.78, 5) is 0. The lowest BCUT2D eigenvalue weighted by molar-refractivity contribution is 0.628. The Hall–Kier alpha value is -0.560. The van der Waals surface area contributed by atoms with Crippen molar-refractivity contribution in [3.63, 3.8) is 0 Å². The van der Waals surface area contributed by atoms with Crippen LogP contribution in [-0.2, 0) is 6.54 Å². The van der Waals surface area contributed by atoms with Crippen molar-refractivity contribution in [2.45, 2.75) is 25.8 Å². The van der Waals surface area contributed by atoms with Gasteiger partial charge in [0.1, 0.15) is 0 Å². The standard InChI is InChI=1S/C12H14BrClN2/c13-12-5-4-11(14)8-10(12)9-16-7-3-1-2-6-15/h4-5,8,16H,1-3,7,9H2. The molecule has 1 rings (SSSR count). The third-order valence-corrected chi connectivity index (χ3v) is 3.22. The molecule has 0 amide bonds. The summed E-state index contributed by atoms with van der Waals surface area (Å²) < 4.78 is 1.07. The highest BCUT2D eigenvalue weighted by Gasteiger charge is 2.00. The van der Waals surface area contributed by atoms with Gasteiger partial charge in [-0.3, -0.25) is 0 Å². The molecule has 1 aromatic rings. The van der Waals surface area contributed by atoms with E-state index in [9.17, 15) is 0 Å². The first-order chi connectivity index (χ1) is 7.74. The Morgan fingerprint density at radius 2 is 2.19 bits per heavy atom. The Morgan fingerprint density at radius 1 is 1.38 bits per heavy atom. The second-order valence-corrected chi connectivity index (χ2v) is 4.82. The van der Waals surface area contributed by atoms with Gasteiger partial charge in [0, 0.05) is 22.5 Å². The number of nitriles is 1. The molecule has 2 nitrogen and oxygen atoms in total. The van der Waals surface area contributed by atoms with Crippen molar-refractivity contribution in [1.29, 1.82) is 5.26 Å². The van der Waals surface area contributed by atoms with Crippen LogP contribution in [-0.4, -0.2) is 6.54 Å². The van der Waals surface area contributed by atoms with Gasteiger partial charge in [-0.2, -0.15) is 5.26 Å². The van der Waals surface area contributed by atoms with Crippen molar-refractivity contribution < 1.29 is 0 Å². The molecule has 0 atom stereocenters. The number of nitrogens with zero attached hydrogens (tertiary/aromatic N) is 1. The lowest BCUT2D eigenvalue weighted by Crippen LogP contribution is -2.14. The molecule has 0 saturated carbocycles. The maximum Gasteiger partial charge on any atom is 0.0621 e. The van der Waals surface area contributed by atoms with E-state index in [2.05, 4.69) is 27.3 Å². The van der Waals surface area contributed by atoms with E-state index in [0.717, 1.165) is 41.0 Å². The van der Waals surface area contributed by atoms with Gasteiger partial charge in [0.25, 0.3) is 0 Å². The Balaban J connectivity index is 2.27. The van der Waals surface area contributed by atoms with Crippen molar-refractivity contribution in [3.8, 4) is 6.07 Å². The quantitative estimate of drug-likeness (QED) is 0.809. The average Bonchev–Trinajstić information content (AvgIpc) is 2.28. The molecule has 1 N–H and O–H groups in total. The van der Waals surface area contributed by atoms with Crippen LogP contribution in [0.4, 0.5) is 0 Å². The fourth-order valence-corrected chi connectivity index (χ4v) is 1.94. The van der Waals surface area contributed by atoms with Gasteiger partial charge in [-0.25, -0.2) is 0 Å². The summed E-state index contributed by atoms with van der Waals surface area (Å²) in [6, 6.07) is 7.91. The van der Waals surface area contributed by atoms with Gasteiger partial charge in [-0.05, 0) is 43.1 Å². The van der Waals surface area contributed by atoms with E-state index in [1.807, 2.05) is 18.2 Å². The Labute approximate surface area is 110 Å². The number of benzene rings is 1. The summed E-state index contributed by atoms with van der Waals surface area (Å²) in [6.45, 7) is 1.73. The summed E-state index contributed by atoms with van der Waals surface area (Å²) in [5, 5.41) is 12.5. The first-order valence-corrected chi connectivity index (χ1v) is 6.42. The molecule has 0 aliphatic rings. The van der Waals surface area contributed by atoms with Gasteiger partial charge in [-0.15, -0.1) is 0 Å². The zero-order valence-corrected chi connectivity index (χ0v) is 11.3. The molecule has 0 bridgehead atoms. The highest BCUT2D eigenvalue weighted by molar-refractivity contribution is 9.10. The van der Waals surface area contributed by atoms with Crippen LogP contribution in [0, 0.1) is 11.3 Å². The summed E-state index contributed by atoms with van der Waals surface area (Å²) in [7, 11) is 0. The van der Waals surface area contributed by atoms with E-state index in [1.165, 1.54) is 0 Å². The van der Waals surface area contributed by atoms with Crippen molar-refractivity contribution in [2.24, 2.45) is 0 Å². The smallest absolute Gasteiger partial charge is 0.0621 e. The van der Waals surface area contributed by atoms with Crippen molar-refractivity contribution >= 4 is 27.5 Å². The molecule has 4 heteroatoms. The Kier molecular flexibility index (Phi) is 6.47. The molecular weight excluding hydrogens is 288 g/mol. The zero-order valence-electron chi connectivity index (χ0n) is 8.97. The first-order valence-electron chi connectivity index (χ1n) is 5.25. The fourth-order valence-electron chi connectivity index (χ4n) is 1.36. The fraction of sp³-hybridized carbons (Fsp3) is 0.417. The third kappa shape index (κ3) is 4.98. The molecule has 0 unspecified atom stereocenters. The van der Waals surface area contributed by atoms with E-state index in [4.69, 9.17) is 16.9 Å². The molecule has 86 valence electrons. The first kappa shape index (κ1) is 13.5. The second kappa shape index (κ2) is 7.67. The largest absolute Gasteiger partial charge is 0.313 e. The third-order valence-electron chi connectivity index (χ3n) is 2.22. The van der Waals surface area contributed by atoms with Crippen LogP contribution >= 0.6 is 27.5 Å². The van der Waals surface area contributed by atoms with E-state index in [0.29, 0.717) is 6.42 Å². The average molecular weight is 302 g/mol. The Morgan fingerprint density at radius 3 is 2.94 bits per heavy atom. The predicted octanol–water partition coefficient (Wildman–Crippen LogP) is 3.89. The number of rotatable bonds is 6. The minimum Gasteiger partial charge on any atom is -0.313 e. The molecule has 16 heavy (non-hydrogen) atoms. The van der Waals surface area contributed by atoms with Crippen LogP contribution in [0.25, 0.3) is 0 Å². The van der Waals surface area contributed by atoms with E-state index >= 15 is 0 Å². The number of hydrogen-bond acceptors (Lipinski definition) is 2. The van der Waals surface area contributed by atoms with Crippen molar-refractivity contribution in [2.75, 3.05) is 6.54 Å². The second-order valence-electron chi connectivity index (χ2n) is 3.53. The van der Waals surface area contributed by atoms with Crippen LogP contribution in [0.5, 0.6) is 0 Å². The molecule has 0 aliphatic heterocycles. The number of nitrogens with one attached hydrogen (secondary N) is 1. The van der Waals surface area contributed by atoms with Crippen LogP contribution in [0.1, 0.15) is 24.8 Å². The van der Waals surface area contributed by atoms with Crippen LogP contribution in [0.2, 0.25) is 5.02 Å². The molecule has 1 aromatic carbocycles. The van der Waals surface area contributed by atoms with Crippen LogP contribution in [0.3, 0.4) is 0 Å². The molecule has 0 heterocycles. The SMILES string of the molecule is N#CCCCCNCc1cc(Cl)ccc1Br. The van der Waals surface area contributed by atoms with Gasteiger partial charge in [0.05, 0.1) is 6.07 Å². The van der Waals surface area contributed by atoms with Gasteiger partial charge in [-0.1, -0.05) is 27.5 Å². The van der Waals surface area contributed by atoms with Crippen molar-refractivity contribution in [3.05, 3.63) is 33.3 Å². The molecule has 0 aromatic heterocycles. The normalized spacial score (nSPS) is 10.1. The minimum absolute atomic E-state index is 0.641. The maximum atomic E-state index is 8.38. The lowest BCUT2D eigenvalue weighted by atomic mass is 10.2. The topological polar surface area (TPSA) is 35.8 Å². The molecule has 0 radical (unpaired) electrons. The number of unbranched alkanes of at least 4 members (excludes halogenated alkanes) is 2. The number of halogens is 2. The highest BCUT2D eigenvalue weighted by atomic mass is 79.9. The van der Waals surface area contributed by atoms with E-state index < -0.39 is 0 Å². The summed E-state index contributed by atoms with van der Waals surface area (Å²) >= 11 is 9.40. The monoisotopic (exact) mass is 300 g/mol. The number of hydrogen-bond donors (Lipinski definition) is 1. The molecule has 0 aliphatic carbocycles. The molecule has 0 saturated heterocycles. The molecule has 0 fully saturated rings. The van der Waals surface area contributed by atoms with Crippen LogP contribution < -0.4 is 5.32 Å². The molecule has 0 spiro atoms. The Bertz CT molecular complexity index is 374. The van der Waals surface area contributed by atoms with Gasteiger partial charge in [0.2, 0.25) is 0 Å². The maximum absolute atomic E-state index is 8.38. The highest BCUT2D eigenvalue weighted by Crippen LogP contribution is 2.20.